The van der Waals surface area contributed by atoms with E-state index in [-0.39, 0.29) is 0 Å². The number of nitrogens with one attached hydrogen (secondary N) is 1. The second-order valence-corrected chi connectivity index (χ2v) is 5.82. The Balaban J connectivity index is 2.45. The highest BCUT2D eigenvalue weighted by atomic mass is 14.9. The van der Waals surface area contributed by atoms with Crippen LogP contribution in [0.4, 0.5) is 17.1 Å². The van der Waals surface area contributed by atoms with E-state index in [9.17, 15) is 0 Å². The van der Waals surface area contributed by atoms with Crippen molar-refractivity contribution in [3.8, 4) is 0 Å². The van der Waals surface area contributed by atoms with Gasteiger partial charge < -0.3 is 16.8 Å². The number of anilines is 3. The number of benzene rings is 1. The third-order valence-corrected chi connectivity index (χ3v) is 3.31. The van der Waals surface area contributed by atoms with Crippen molar-refractivity contribution in [2.75, 3.05) is 23.3 Å². The molecular weight excluding hydrogens is 222 g/mol. The van der Waals surface area contributed by atoms with Gasteiger partial charge in [-0.25, -0.2) is 0 Å². The van der Waals surface area contributed by atoms with Crippen LogP contribution < -0.4 is 16.8 Å². The van der Waals surface area contributed by atoms with E-state index in [1.807, 2.05) is 18.2 Å². The zero-order valence-electron chi connectivity index (χ0n) is 11.9. The molecule has 0 saturated carbocycles. The van der Waals surface area contributed by atoms with E-state index in [0.29, 0.717) is 16.8 Å². The van der Waals surface area contributed by atoms with Crippen LogP contribution in [0.2, 0.25) is 0 Å². The summed E-state index contributed by atoms with van der Waals surface area (Å²) in [7, 11) is 0. The fourth-order valence-corrected chi connectivity index (χ4v) is 1.97. The number of nitrogens with two attached hydrogens (primary N) is 2. The molecule has 0 spiro atoms. The molecule has 0 aromatic heterocycles. The summed E-state index contributed by atoms with van der Waals surface area (Å²) in [5.74, 6) is 0. The van der Waals surface area contributed by atoms with Crippen LogP contribution in [0.5, 0.6) is 0 Å². The fourth-order valence-electron chi connectivity index (χ4n) is 1.97. The third kappa shape index (κ3) is 4.86. The second-order valence-electron chi connectivity index (χ2n) is 5.82. The van der Waals surface area contributed by atoms with Gasteiger partial charge in [-0.05, 0) is 30.0 Å². The topological polar surface area (TPSA) is 64.1 Å². The largest absolute Gasteiger partial charge is 0.397 e. The molecule has 3 heteroatoms. The van der Waals surface area contributed by atoms with Crippen molar-refractivity contribution in [2.45, 2.75) is 46.5 Å². The molecule has 5 N–H and O–H groups in total. The quantitative estimate of drug-likeness (QED) is 0.507. The van der Waals surface area contributed by atoms with E-state index < -0.39 is 0 Å². The van der Waals surface area contributed by atoms with Crippen LogP contribution in [-0.4, -0.2) is 6.54 Å². The summed E-state index contributed by atoms with van der Waals surface area (Å²) in [6.07, 6.45) is 5.14. The highest BCUT2D eigenvalue weighted by Crippen LogP contribution is 2.26. The Kier molecular flexibility index (Phi) is 5.32. The first-order chi connectivity index (χ1) is 8.44. The molecule has 0 aliphatic carbocycles. The maximum absolute atomic E-state index is 5.79. The van der Waals surface area contributed by atoms with Crippen LogP contribution in [0.1, 0.15) is 46.5 Å². The zero-order valence-corrected chi connectivity index (χ0v) is 11.9. The first-order valence-electron chi connectivity index (χ1n) is 6.83. The monoisotopic (exact) mass is 249 g/mol. The van der Waals surface area contributed by atoms with E-state index in [4.69, 9.17) is 11.5 Å². The van der Waals surface area contributed by atoms with Crippen LogP contribution in [0.3, 0.4) is 0 Å². The molecule has 1 aromatic carbocycles. The average molecular weight is 249 g/mol. The minimum Gasteiger partial charge on any atom is -0.397 e. The molecule has 1 rings (SSSR count). The predicted octanol–water partition coefficient (Wildman–Crippen LogP) is 3.87. The van der Waals surface area contributed by atoms with Crippen LogP contribution >= 0.6 is 0 Å². The van der Waals surface area contributed by atoms with Crippen molar-refractivity contribution in [1.82, 2.24) is 0 Å². The van der Waals surface area contributed by atoms with Crippen molar-refractivity contribution >= 4 is 17.1 Å². The summed E-state index contributed by atoms with van der Waals surface area (Å²) in [6, 6.07) is 5.73. The maximum Gasteiger partial charge on any atom is 0.0568 e. The molecule has 0 bridgehead atoms. The first-order valence-corrected chi connectivity index (χ1v) is 6.83. The highest BCUT2D eigenvalue weighted by molar-refractivity contribution is 5.69. The molecule has 0 unspecified atom stereocenters. The minimum absolute atomic E-state index is 0.311. The standard InChI is InChI=1S/C15H27N3/c1-4-5-6-9-15(2,3)11-18-12-7-8-13(16)14(17)10-12/h7-8,10,18H,4-6,9,11,16-17H2,1-3H3. The Labute approximate surface area is 111 Å². The summed E-state index contributed by atoms with van der Waals surface area (Å²) >= 11 is 0. The summed E-state index contributed by atoms with van der Waals surface area (Å²) in [4.78, 5) is 0. The number of unbranched alkanes of at least 4 members (excludes halogenated alkanes) is 2. The van der Waals surface area contributed by atoms with E-state index in [1.54, 1.807) is 0 Å². The molecule has 0 aliphatic heterocycles. The number of nitrogen functional groups attached to an aromatic ring is 2. The van der Waals surface area contributed by atoms with E-state index >= 15 is 0 Å². The van der Waals surface area contributed by atoms with Gasteiger partial charge >= 0.3 is 0 Å². The summed E-state index contributed by atoms with van der Waals surface area (Å²) in [5, 5.41) is 3.44. The molecule has 102 valence electrons. The molecule has 18 heavy (non-hydrogen) atoms. The van der Waals surface area contributed by atoms with Crippen molar-refractivity contribution in [3.05, 3.63) is 18.2 Å². The van der Waals surface area contributed by atoms with E-state index in [2.05, 4.69) is 26.1 Å². The van der Waals surface area contributed by atoms with Gasteiger partial charge in [-0.1, -0.05) is 40.0 Å². The first kappa shape index (κ1) is 14.7. The molecule has 0 amide bonds. The van der Waals surface area contributed by atoms with Crippen molar-refractivity contribution < 1.29 is 0 Å². The molecule has 0 saturated heterocycles. The third-order valence-electron chi connectivity index (χ3n) is 3.31. The van der Waals surface area contributed by atoms with Gasteiger partial charge in [-0.3, -0.25) is 0 Å². The fraction of sp³-hybridized carbons (Fsp3) is 0.600. The van der Waals surface area contributed by atoms with Gasteiger partial charge in [0.25, 0.3) is 0 Å². The lowest BCUT2D eigenvalue weighted by molar-refractivity contribution is 0.342. The lowest BCUT2D eigenvalue weighted by atomic mass is 9.87. The van der Waals surface area contributed by atoms with Gasteiger partial charge in [0.1, 0.15) is 0 Å². The van der Waals surface area contributed by atoms with Crippen LogP contribution in [0.15, 0.2) is 18.2 Å². The van der Waals surface area contributed by atoms with Crippen LogP contribution in [-0.2, 0) is 0 Å². The smallest absolute Gasteiger partial charge is 0.0568 e. The summed E-state index contributed by atoms with van der Waals surface area (Å²) in [5.41, 5.74) is 14.1. The maximum atomic E-state index is 5.79. The molecule has 0 heterocycles. The minimum atomic E-state index is 0.311. The van der Waals surface area contributed by atoms with Crippen molar-refractivity contribution in [3.63, 3.8) is 0 Å². The molecule has 1 aromatic rings. The lowest BCUT2D eigenvalue weighted by Gasteiger charge is -2.25. The second kappa shape index (κ2) is 6.53. The summed E-state index contributed by atoms with van der Waals surface area (Å²) < 4.78 is 0. The van der Waals surface area contributed by atoms with Crippen LogP contribution in [0, 0.1) is 5.41 Å². The number of rotatable bonds is 7. The van der Waals surface area contributed by atoms with Gasteiger partial charge in [0, 0.05) is 12.2 Å². The SMILES string of the molecule is CCCCCC(C)(C)CNc1ccc(N)c(N)c1. The highest BCUT2D eigenvalue weighted by Gasteiger charge is 2.16. The van der Waals surface area contributed by atoms with Gasteiger partial charge in [-0.2, -0.15) is 0 Å². The summed E-state index contributed by atoms with van der Waals surface area (Å²) in [6.45, 7) is 7.80. The van der Waals surface area contributed by atoms with Crippen molar-refractivity contribution in [2.24, 2.45) is 5.41 Å². The molecule has 0 fully saturated rings. The Morgan fingerprint density at radius 2 is 1.83 bits per heavy atom. The van der Waals surface area contributed by atoms with Gasteiger partial charge in [-0.15, -0.1) is 0 Å². The Bertz CT molecular complexity index is 372. The van der Waals surface area contributed by atoms with Crippen molar-refractivity contribution in [1.29, 1.82) is 0 Å². The number of hydrogen-bond donors (Lipinski definition) is 3. The van der Waals surface area contributed by atoms with E-state index in [1.165, 1.54) is 25.7 Å². The Hall–Kier alpha value is -1.38. The van der Waals surface area contributed by atoms with E-state index in [0.717, 1.165) is 12.2 Å². The molecule has 0 aliphatic rings. The normalized spacial score (nSPS) is 11.5. The van der Waals surface area contributed by atoms with Crippen LogP contribution in [0.25, 0.3) is 0 Å². The predicted molar refractivity (Wildman–Crippen MR) is 81.7 cm³/mol. The average Bonchev–Trinajstić information content (AvgIpc) is 2.31. The van der Waals surface area contributed by atoms with Gasteiger partial charge in [0.15, 0.2) is 0 Å². The molecule has 0 atom stereocenters. The van der Waals surface area contributed by atoms with Gasteiger partial charge in [0.05, 0.1) is 11.4 Å². The van der Waals surface area contributed by atoms with Gasteiger partial charge in [0.2, 0.25) is 0 Å². The molecule has 0 radical (unpaired) electrons. The zero-order chi connectivity index (χ0) is 13.6. The number of hydrogen-bond acceptors (Lipinski definition) is 3. The molecule has 3 nitrogen and oxygen atoms in total. The Morgan fingerprint density at radius 3 is 2.44 bits per heavy atom. The molecular formula is C15H27N3. The lowest BCUT2D eigenvalue weighted by Crippen LogP contribution is -2.23. The Morgan fingerprint density at radius 1 is 1.11 bits per heavy atom.